The summed E-state index contributed by atoms with van der Waals surface area (Å²) in [6, 6.07) is 10.1. The summed E-state index contributed by atoms with van der Waals surface area (Å²) >= 11 is 0. The van der Waals surface area contributed by atoms with E-state index in [-0.39, 0.29) is 25.7 Å². The molecule has 3 atom stereocenters. The number of nitrogens with zero attached hydrogens (tertiary/aromatic N) is 1. The predicted molar refractivity (Wildman–Crippen MR) is 90.8 cm³/mol. The van der Waals surface area contributed by atoms with E-state index >= 15 is 0 Å². The third kappa shape index (κ3) is 7.90. The fourth-order valence-corrected chi connectivity index (χ4v) is 2.58. The number of aliphatic hydroxyl groups excluding tert-OH is 3. The van der Waals surface area contributed by atoms with E-state index in [0.29, 0.717) is 17.6 Å². The number of ether oxygens (including phenoxy) is 1. The first kappa shape index (κ1) is 20.1. The lowest BCUT2D eigenvalue weighted by Gasteiger charge is -2.35. The van der Waals surface area contributed by atoms with Gasteiger partial charge in [-0.05, 0) is 5.92 Å². The highest BCUT2D eigenvalue weighted by atomic mass is 16.5. The lowest BCUT2D eigenvalue weighted by molar-refractivity contribution is -0.925. The molecule has 0 fully saturated rings. The Kier molecular flexibility index (Phi) is 8.73. The number of aliphatic hydroxyl groups is 3. The van der Waals surface area contributed by atoms with Gasteiger partial charge in [-0.3, -0.25) is 0 Å². The Morgan fingerprint density at radius 1 is 1.09 bits per heavy atom. The first-order valence-electron chi connectivity index (χ1n) is 8.28. The molecule has 0 aliphatic carbocycles. The zero-order chi connectivity index (χ0) is 17.3. The van der Waals surface area contributed by atoms with Crippen LogP contribution in [-0.2, 0) is 11.3 Å². The second-order valence-corrected chi connectivity index (χ2v) is 6.90. The Bertz CT molecular complexity index is 426. The Hall–Kier alpha value is -0.980. The van der Waals surface area contributed by atoms with E-state index < -0.39 is 12.2 Å². The summed E-state index contributed by atoms with van der Waals surface area (Å²) in [7, 11) is 2.02. The molecule has 5 nitrogen and oxygen atoms in total. The highest BCUT2D eigenvalue weighted by molar-refractivity contribution is 5.13. The van der Waals surface area contributed by atoms with E-state index in [0.717, 1.165) is 6.54 Å². The van der Waals surface area contributed by atoms with Crippen LogP contribution < -0.4 is 0 Å². The van der Waals surface area contributed by atoms with Gasteiger partial charge in [-0.1, -0.05) is 44.2 Å². The van der Waals surface area contributed by atoms with Crippen molar-refractivity contribution in [2.75, 3.05) is 40.0 Å². The van der Waals surface area contributed by atoms with Crippen molar-refractivity contribution < 1.29 is 24.5 Å². The van der Waals surface area contributed by atoms with Gasteiger partial charge in [0.2, 0.25) is 0 Å². The lowest BCUT2D eigenvalue weighted by Crippen LogP contribution is -2.50. The molecule has 3 N–H and O–H groups in total. The Balaban J connectivity index is 2.50. The monoisotopic (exact) mass is 326 g/mol. The molecular formula is C18H32NO4+. The first-order valence-corrected chi connectivity index (χ1v) is 8.28. The minimum Gasteiger partial charge on any atom is -0.391 e. The van der Waals surface area contributed by atoms with Crippen molar-refractivity contribution in [3.05, 3.63) is 35.9 Å². The van der Waals surface area contributed by atoms with Crippen LogP contribution in [0.3, 0.4) is 0 Å². The zero-order valence-corrected chi connectivity index (χ0v) is 14.6. The standard InChI is InChI=1S/C18H32NO4/c1-15(2)18(22)14-23-13-17(21)12-19(3,9-10-20)11-16-7-5-4-6-8-16/h4-8,15,17-18,20-22H,9-14H2,1-3H3/q+1. The van der Waals surface area contributed by atoms with Crippen LogP contribution in [-0.4, -0.2) is 72.0 Å². The van der Waals surface area contributed by atoms with Crippen molar-refractivity contribution in [1.82, 2.24) is 0 Å². The number of rotatable bonds is 11. The van der Waals surface area contributed by atoms with Crippen LogP contribution >= 0.6 is 0 Å². The van der Waals surface area contributed by atoms with Crippen LogP contribution in [0, 0.1) is 5.92 Å². The zero-order valence-electron chi connectivity index (χ0n) is 14.6. The van der Waals surface area contributed by atoms with Gasteiger partial charge in [0, 0.05) is 5.56 Å². The van der Waals surface area contributed by atoms with Crippen molar-refractivity contribution >= 4 is 0 Å². The van der Waals surface area contributed by atoms with Gasteiger partial charge in [-0.25, -0.2) is 0 Å². The molecule has 0 heterocycles. The second kappa shape index (κ2) is 10.0. The molecule has 0 saturated carbocycles. The number of quaternary nitrogens is 1. The molecule has 0 aliphatic heterocycles. The summed E-state index contributed by atoms with van der Waals surface area (Å²) in [5.74, 6) is 0.139. The number of likely N-dealkylation sites (N-methyl/N-ethyl adjacent to an activating group) is 1. The molecule has 132 valence electrons. The van der Waals surface area contributed by atoms with Crippen LogP contribution in [0.5, 0.6) is 0 Å². The maximum atomic E-state index is 10.2. The maximum Gasteiger partial charge on any atom is 0.126 e. The third-order valence-electron chi connectivity index (χ3n) is 4.07. The molecule has 0 saturated heterocycles. The predicted octanol–water partition coefficient (Wildman–Crippen LogP) is 1.02. The van der Waals surface area contributed by atoms with E-state index in [1.54, 1.807) is 0 Å². The van der Waals surface area contributed by atoms with Gasteiger partial charge in [0.1, 0.15) is 25.7 Å². The normalized spacial score (nSPS) is 17.0. The molecule has 5 heteroatoms. The van der Waals surface area contributed by atoms with Crippen LogP contribution in [0.4, 0.5) is 0 Å². The van der Waals surface area contributed by atoms with Crippen LogP contribution in [0.2, 0.25) is 0 Å². The molecule has 3 unspecified atom stereocenters. The molecule has 0 amide bonds. The second-order valence-electron chi connectivity index (χ2n) is 6.90. The smallest absolute Gasteiger partial charge is 0.126 e. The lowest BCUT2D eigenvalue weighted by atomic mass is 10.1. The quantitative estimate of drug-likeness (QED) is 0.531. The molecule has 23 heavy (non-hydrogen) atoms. The Morgan fingerprint density at radius 2 is 1.74 bits per heavy atom. The van der Waals surface area contributed by atoms with Crippen molar-refractivity contribution in [1.29, 1.82) is 0 Å². The van der Waals surface area contributed by atoms with Gasteiger partial charge in [-0.2, -0.15) is 0 Å². The summed E-state index contributed by atoms with van der Waals surface area (Å²) in [4.78, 5) is 0. The van der Waals surface area contributed by atoms with Crippen molar-refractivity contribution in [3.63, 3.8) is 0 Å². The summed E-state index contributed by atoms with van der Waals surface area (Å²) < 4.78 is 5.96. The highest BCUT2D eigenvalue weighted by Crippen LogP contribution is 2.13. The van der Waals surface area contributed by atoms with Crippen molar-refractivity contribution in [2.45, 2.75) is 32.6 Å². The summed E-state index contributed by atoms with van der Waals surface area (Å²) in [5.41, 5.74) is 1.17. The van der Waals surface area contributed by atoms with Crippen molar-refractivity contribution in [2.24, 2.45) is 5.92 Å². The molecule has 0 spiro atoms. The third-order valence-corrected chi connectivity index (χ3v) is 4.07. The summed E-state index contributed by atoms with van der Waals surface area (Å²) in [5, 5.41) is 29.3. The number of benzene rings is 1. The van der Waals surface area contributed by atoms with Gasteiger partial charge in [0.25, 0.3) is 0 Å². The Morgan fingerprint density at radius 3 is 2.30 bits per heavy atom. The summed E-state index contributed by atoms with van der Waals surface area (Å²) in [6.07, 6.45) is -1.14. The molecule has 0 radical (unpaired) electrons. The molecule has 1 aromatic rings. The van der Waals surface area contributed by atoms with Crippen LogP contribution in [0.15, 0.2) is 30.3 Å². The minimum absolute atomic E-state index is 0.0724. The molecule has 0 aliphatic rings. The number of hydrogen-bond acceptors (Lipinski definition) is 4. The molecule has 1 rings (SSSR count). The van der Waals surface area contributed by atoms with Crippen LogP contribution in [0.25, 0.3) is 0 Å². The SMILES string of the molecule is CC(C)C(O)COCC(O)C[N+](C)(CCO)Cc1ccccc1. The van der Waals surface area contributed by atoms with E-state index in [1.807, 2.05) is 39.1 Å². The van der Waals surface area contributed by atoms with Gasteiger partial charge in [0.15, 0.2) is 0 Å². The van der Waals surface area contributed by atoms with E-state index in [2.05, 4.69) is 12.1 Å². The Labute approximate surface area is 139 Å². The van der Waals surface area contributed by atoms with Crippen molar-refractivity contribution in [3.8, 4) is 0 Å². The van der Waals surface area contributed by atoms with Gasteiger partial charge in [0.05, 0.1) is 33.0 Å². The number of hydrogen-bond donors (Lipinski definition) is 3. The topological polar surface area (TPSA) is 69.9 Å². The minimum atomic E-state index is -0.630. The summed E-state index contributed by atoms with van der Waals surface area (Å²) in [6.45, 7) is 6.16. The molecule has 1 aromatic carbocycles. The average molecular weight is 326 g/mol. The highest BCUT2D eigenvalue weighted by Gasteiger charge is 2.26. The van der Waals surface area contributed by atoms with Crippen LogP contribution in [0.1, 0.15) is 19.4 Å². The van der Waals surface area contributed by atoms with Gasteiger partial charge < -0.3 is 24.5 Å². The maximum absolute atomic E-state index is 10.2. The van der Waals surface area contributed by atoms with E-state index in [4.69, 9.17) is 4.74 Å². The fraction of sp³-hybridized carbons (Fsp3) is 0.667. The van der Waals surface area contributed by atoms with E-state index in [1.165, 1.54) is 5.56 Å². The van der Waals surface area contributed by atoms with Gasteiger partial charge >= 0.3 is 0 Å². The fourth-order valence-electron chi connectivity index (χ4n) is 2.58. The molecular weight excluding hydrogens is 294 g/mol. The van der Waals surface area contributed by atoms with E-state index in [9.17, 15) is 15.3 Å². The molecule has 0 aromatic heterocycles. The van der Waals surface area contributed by atoms with Gasteiger partial charge in [-0.15, -0.1) is 0 Å². The largest absolute Gasteiger partial charge is 0.391 e. The molecule has 0 bridgehead atoms. The average Bonchev–Trinajstić information content (AvgIpc) is 2.47. The first-order chi connectivity index (χ1) is 10.9.